The first-order valence-electron chi connectivity index (χ1n) is 7.16. The van der Waals surface area contributed by atoms with Crippen LogP contribution in [0.15, 0.2) is 22.8 Å². The largest absolute Gasteiger partial charge is 0.468 e. The molecular formula is C15H28N2O. The molecule has 3 unspecified atom stereocenters. The SMILES string of the molecule is CCCCN(C(C)CC)C(c1ccco1)C(C)N. The predicted octanol–water partition coefficient (Wildman–Crippen LogP) is 3.57. The van der Waals surface area contributed by atoms with Gasteiger partial charge in [0.05, 0.1) is 12.3 Å². The maximum Gasteiger partial charge on any atom is 0.122 e. The minimum Gasteiger partial charge on any atom is -0.468 e. The maximum absolute atomic E-state index is 6.19. The second-order valence-corrected chi connectivity index (χ2v) is 5.17. The molecule has 1 aromatic rings. The Labute approximate surface area is 111 Å². The van der Waals surface area contributed by atoms with Crippen LogP contribution in [0, 0.1) is 0 Å². The van der Waals surface area contributed by atoms with E-state index in [1.165, 1.54) is 12.8 Å². The van der Waals surface area contributed by atoms with E-state index in [9.17, 15) is 0 Å². The summed E-state index contributed by atoms with van der Waals surface area (Å²) >= 11 is 0. The van der Waals surface area contributed by atoms with Gasteiger partial charge in [0.1, 0.15) is 5.76 Å². The van der Waals surface area contributed by atoms with Crippen molar-refractivity contribution in [3.8, 4) is 0 Å². The minimum atomic E-state index is 0.0713. The molecule has 0 bridgehead atoms. The highest BCUT2D eigenvalue weighted by Crippen LogP contribution is 2.27. The molecule has 1 heterocycles. The van der Waals surface area contributed by atoms with E-state index < -0.39 is 0 Å². The van der Waals surface area contributed by atoms with Crippen LogP contribution in [0.4, 0.5) is 0 Å². The standard InChI is InChI=1S/C15H28N2O/c1-5-7-10-17(12(3)6-2)15(13(4)16)14-9-8-11-18-14/h8-9,11-13,15H,5-7,10,16H2,1-4H3. The van der Waals surface area contributed by atoms with Crippen LogP contribution in [0.5, 0.6) is 0 Å². The van der Waals surface area contributed by atoms with Gasteiger partial charge in [-0.2, -0.15) is 0 Å². The molecule has 104 valence electrons. The average Bonchev–Trinajstić information content (AvgIpc) is 2.86. The van der Waals surface area contributed by atoms with Crippen molar-refractivity contribution in [2.45, 2.75) is 65.1 Å². The van der Waals surface area contributed by atoms with Gasteiger partial charge in [0.25, 0.3) is 0 Å². The normalized spacial score (nSPS) is 16.8. The number of furan rings is 1. The molecular weight excluding hydrogens is 224 g/mol. The number of hydrogen-bond donors (Lipinski definition) is 1. The second-order valence-electron chi connectivity index (χ2n) is 5.17. The second kappa shape index (κ2) is 7.59. The van der Waals surface area contributed by atoms with Gasteiger partial charge in [0.2, 0.25) is 0 Å². The van der Waals surface area contributed by atoms with Gasteiger partial charge < -0.3 is 10.2 Å². The molecule has 0 aliphatic rings. The van der Waals surface area contributed by atoms with Crippen LogP contribution in [-0.2, 0) is 0 Å². The van der Waals surface area contributed by atoms with Crippen molar-refractivity contribution in [2.24, 2.45) is 5.73 Å². The summed E-state index contributed by atoms with van der Waals surface area (Å²) < 4.78 is 5.59. The fourth-order valence-corrected chi connectivity index (χ4v) is 2.39. The third-order valence-corrected chi connectivity index (χ3v) is 3.62. The highest BCUT2D eigenvalue weighted by atomic mass is 16.3. The summed E-state index contributed by atoms with van der Waals surface area (Å²) in [6, 6.07) is 4.76. The van der Waals surface area contributed by atoms with E-state index in [0.29, 0.717) is 6.04 Å². The molecule has 3 atom stereocenters. The number of nitrogens with zero attached hydrogens (tertiary/aromatic N) is 1. The highest BCUT2D eigenvalue weighted by molar-refractivity contribution is 5.08. The van der Waals surface area contributed by atoms with Crippen molar-refractivity contribution in [2.75, 3.05) is 6.54 Å². The molecule has 0 saturated carbocycles. The van der Waals surface area contributed by atoms with E-state index in [4.69, 9.17) is 10.2 Å². The molecule has 0 fully saturated rings. The number of nitrogens with two attached hydrogens (primary N) is 1. The van der Waals surface area contributed by atoms with E-state index in [2.05, 4.69) is 32.6 Å². The van der Waals surface area contributed by atoms with Crippen LogP contribution in [0.2, 0.25) is 0 Å². The summed E-state index contributed by atoms with van der Waals surface area (Å²) in [4.78, 5) is 2.49. The zero-order valence-electron chi connectivity index (χ0n) is 12.2. The highest BCUT2D eigenvalue weighted by Gasteiger charge is 2.28. The Morgan fingerprint density at radius 1 is 1.33 bits per heavy atom. The molecule has 0 spiro atoms. The van der Waals surface area contributed by atoms with Crippen LogP contribution < -0.4 is 5.73 Å². The summed E-state index contributed by atoms with van der Waals surface area (Å²) in [6.07, 6.45) is 5.28. The van der Waals surface area contributed by atoms with Crippen LogP contribution in [-0.4, -0.2) is 23.5 Å². The van der Waals surface area contributed by atoms with Crippen molar-refractivity contribution in [3.05, 3.63) is 24.2 Å². The Morgan fingerprint density at radius 3 is 2.50 bits per heavy atom. The van der Waals surface area contributed by atoms with Crippen LogP contribution in [0.1, 0.15) is 58.8 Å². The zero-order chi connectivity index (χ0) is 13.5. The topological polar surface area (TPSA) is 42.4 Å². The monoisotopic (exact) mass is 252 g/mol. The van der Waals surface area contributed by atoms with E-state index in [1.54, 1.807) is 6.26 Å². The van der Waals surface area contributed by atoms with Gasteiger partial charge in [-0.05, 0) is 45.4 Å². The first kappa shape index (κ1) is 15.3. The Morgan fingerprint density at radius 2 is 2.06 bits per heavy atom. The summed E-state index contributed by atoms with van der Waals surface area (Å²) in [5.41, 5.74) is 6.19. The average molecular weight is 252 g/mol. The summed E-state index contributed by atoms with van der Waals surface area (Å²) in [7, 11) is 0. The van der Waals surface area contributed by atoms with Gasteiger partial charge in [-0.1, -0.05) is 20.3 Å². The minimum absolute atomic E-state index is 0.0713. The zero-order valence-corrected chi connectivity index (χ0v) is 12.2. The lowest BCUT2D eigenvalue weighted by atomic mass is 10.0. The molecule has 0 aliphatic carbocycles. The van der Waals surface area contributed by atoms with Crippen molar-refractivity contribution < 1.29 is 4.42 Å². The number of unbranched alkanes of at least 4 members (excludes halogenated alkanes) is 1. The van der Waals surface area contributed by atoms with Gasteiger partial charge in [0.15, 0.2) is 0 Å². The molecule has 1 aromatic heterocycles. The molecule has 3 heteroatoms. The first-order chi connectivity index (χ1) is 8.61. The molecule has 18 heavy (non-hydrogen) atoms. The summed E-state index contributed by atoms with van der Waals surface area (Å²) in [5.74, 6) is 0.987. The van der Waals surface area contributed by atoms with Crippen molar-refractivity contribution in [3.63, 3.8) is 0 Å². The van der Waals surface area contributed by atoms with E-state index in [0.717, 1.165) is 18.7 Å². The third kappa shape index (κ3) is 3.85. The van der Waals surface area contributed by atoms with Crippen LogP contribution in [0.3, 0.4) is 0 Å². The Balaban J connectivity index is 2.90. The molecule has 3 nitrogen and oxygen atoms in total. The van der Waals surface area contributed by atoms with Crippen molar-refractivity contribution in [1.82, 2.24) is 4.90 Å². The third-order valence-electron chi connectivity index (χ3n) is 3.62. The van der Waals surface area contributed by atoms with Gasteiger partial charge in [-0.25, -0.2) is 0 Å². The van der Waals surface area contributed by atoms with E-state index >= 15 is 0 Å². The molecule has 0 aromatic carbocycles. The Bertz CT molecular complexity index is 308. The molecule has 0 radical (unpaired) electrons. The molecule has 2 N–H and O–H groups in total. The van der Waals surface area contributed by atoms with Gasteiger partial charge in [0, 0.05) is 12.1 Å². The number of hydrogen-bond acceptors (Lipinski definition) is 3. The smallest absolute Gasteiger partial charge is 0.122 e. The van der Waals surface area contributed by atoms with Crippen molar-refractivity contribution in [1.29, 1.82) is 0 Å². The van der Waals surface area contributed by atoms with Gasteiger partial charge in [-0.3, -0.25) is 4.90 Å². The maximum atomic E-state index is 6.19. The lowest BCUT2D eigenvalue weighted by Gasteiger charge is -2.37. The summed E-state index contributed by atoms with van der Waals surface area (Å²) in [5, 5.41) is 0. The fraction of sp³-hybridized carbons (Fsp3) is 0.733. The molecule has 0 saturated heterocycles. The number of rotatable bonds is 8. The lowest BCUT2D eigenvalue weighted by Crippen LogP contribution is -2.44. The quantitative estimate of drug-likeness (QED) is 0.769. The first-order valence-corrected chi connectivity index (χ1v) is 7.16. The summed E-state index contributed by atoms with van der Waals surface area (Å²) in [6.45, 7) is 9.87. The van der Waals surface area contributed by atoms with E-state index in [1.807, 2.05) is 12.1 Å². The Hall–Kier alpha value is -0.800. The van der Waals surface area contributed by atoms with Gasteiger partial charge in [-0.15, -0.1) is 0 Å². The van der Waals surface area contributed by atoms with Crippen molar-refractivity contribution >= 4 is 0 Å². The van der Waals surface area contributed by atoms with Crippen LogP contribution >= 0.6 is 0 Å². The van der Waals surface area contributed by atoms with Crippen LogP contribution in [0.25, 0.3) is 0 Å². The molecule has 0 aliphatic heterocycles. The van der Waals surface area contributed by atoms with Gasteiger partial charge >= 0.3 is 0 Å². The fourth-order valence-electron chi connectivity index (χ4n) is 2.39. The lowest BCUT2D eigenvalue weighted by molar-refractivity contribution is 0.105. The molecule has 1 rings (SSSR count). The molecule has 0 amide bonds. The predicted molar refractivity (Wildman–Crippen MR) is 76.5 cm³/mol. The Kier molecular flexibility index (Phi) is 6.44. The van der Waals surface area contributed by atoms with E-state index in [-0.39, 0.29) is 12.1 Å².